The standard InChI is InChI=1S/C21H20N2O2/c24-20-12-14-7-8-15(10-18(14)22-20)21(25)23-9-3-6-17-16-5-2-1-4-13(16)11-19(17)23/h1-2,4-5,7-8,10,17,19H,3,6,9,11-12H2,(H,22,24)/t17-,19+/m0/s1. The summed E-state index contributed by atoms with van der Waals surface area (Å²) in [7, 11) is 0. The number of benzene rings is 2. The van der Waals surface area contributed by atoms with Gasteiger partial charge in [0.1, 0.15) is 0 Å². The van der Waals surface area contributed by atoms with Crippen molar-refractivity contribution in [2.45, 2.75) is 37.6 Å². The molecular weight excluding hydrogens is 312 g/mol. The molecule has 2 atom stereocenters. The van der Waals surface area contributed by atoms with Crippen LogP contribution in [0.5, 0.6) is 0 Å². The number of nitrogens with one attached hydrogen (secondary N) is 1. The van der Waals surface area contributed by atoms with Crippen LogP contribution in [-0.4, -0.2) is 29.3 Å². The minimum Gasteiger partial charge on any atom is -0.335 e. The Morgan fingerprint density at radius 2 is 2.00 bits per heavy atom. The number of carbonyl (C=O) groups is 2. The van der Waals surface area contributed by atoms with Gasteiger partial charge in [0.2, 0.25) is 5.91 Å². The van der Waals surface area contributed by atoms with Gasteiger partial charge in [0.25, 0.3) is 5.91 Å². The molecule has 2 aromatic carbocycles. The molecule has 0 spiro atoms. The van der Waals surface area contributed by atoms with Gasteiger partial charge in [0, 0.05) is 29.8 Å². The second-order valence-electron chi connectivity index (χ2n) is 7.31. The second-order valence-corrected chi connectivity index (χ2v) is 7.31. The highest BCUT2D eigenvalue weighted by Gasteiger charge is 2.40. The fourth-order valence-corrected chi connectivity index (χ4v) is 4.74. The summed E-state index contributed by atoms with van der Waals surface area (Å²) >= 11 is 0. The number of carbonyl (C=O) groups excluding carboxylic acids is 2. The first-order valence-electron chi connectivity index (χ1n) is 9.02. The molecule has 1 saturated heterocycles. The zero-order valence-electron chi connectivity index (χ0n) is 14.0. The minimum atomic E-state index is 0.00359. The fraction of sp³-hybridized carbons (Fsp3) is 0.333. The van der Waals surface area contributed by atoms with Gasteiger partial charge in [-0.1, -0.05) is 30.3 Å². The number of rotatable bonds is 1. The number of fused-ring (bicyclic) bond motifs is 4. The van der Waals surface area contributed by atoms with E-state index in [1.54, 1.807) is 0 Å². The summed E-state index contributed by atoms with van der Waals surface area (Å²) in [5, 5.41) is 2.85. The number of anilines is 1. The number of nitrogens with zero attached hydrogens (tertiary/aromatic N) is 1. The van der Waals surface area contributed by atoms with Gasteiger partial charge in [-0.05, 0) is 48.1 Å². The summed E-state index contributed by atoms with van der Waals surface area (Å²) in [5.74, 6) is 0.554. The van der Waals surface area contributed by atoms with E-state index in [0.717, 1.165) is 37.1 Å². The third-order valence-electron chi connectivity index (χ3n) is 5.91. The molecule has 4 nitrogen and oxygen atoms in total. The summed E-state index contributed by atoms with van der Waals surface area (Å²) in [6, 6.07) is 14.5. The van der Waals surface area contributed by atoms with Crippen LogP contribution in [0.15, 0.2) is 42.5 Å². The van der Waals surface area contributed by atoms with E-state index in [0.29, 0.717) is 17.9 Å². The van der Waals surface area contributed by atoms with Gasteiger partial charge >= 0.3 is 0 Å². The number of amides is 2. The zero-order valence-corrected chi connectivity index (χ0v) is 14.0. The summed E-state index contributed by atoms with van der Waals surface area (Å²) in [5.41, 5.74) is 5.26. The van der Waals surface area contributed by atoms with Gasteiger partial charge in [-0.15, -0.1) is 0 Å². The molecular formula is C21H20N2O2. The highest BCUT2D eigenvalue weighted by molar-refractivity contribution is 6.02. The van der Waals surface area contributed by atoms with Crippen LogP contribution in [0.1, 0.15) is 45.8 Å². The maximum Gasteiger partial charge on any atom is 0.254 e. The Hall–Kier alpha value is -2.62. The summed E-state index contributed by atoms with van der Waals surface area (Å²) in [6.07, 6.45) is 3.57. The minimum absolute atomic E-state index is 0.00359. The second kappa shape index (κ2) is 5.45. The highest BCUT2D eigenvalue weighted by atomic mass is 16.2. The topological polar surface area (TPSA) is 49.4 Å². The molecule has 0 radical (unpaired) electrons. The number of likely N-dealkylation sites (tertiary alicyclic amines) is 1. The van der Waals surface area contributed by atoms with E-state index < -0.39 is 0 Å². The first-order valence-corrected chi connectivity index (χ1v) is 9.02. The lowest BCUT2D eigenvalue weighted by Gasteiger charge is -2.38. The predicted octanol–water partition coefficient (Wildman–Crippen LogP) is 3.13. The van der Waals surface area contributed by atoms with Crippen LogP contribution in [0, 0.1) is 0 Å². The number of hydrogen-bond donors (Lipinski definition) is 1. The lowest BCUT2D eigenvalue weighted by Crippen LogP contribution is -2.46. The van der Waals surface area contributed by atoms with E-state index in [-0.39, 0.29) is 17.9 Å². The van der Waals surface area contributed by atoms with Crippen molar-refractivity contribution in [3.63, 3.8) is 0 Å². The molecule has 1 N–H and O–H groups in total. The molecule has 2 aromatic rings. The Balaban J connectivity index is 1.45. The molecule has 2 aliphatic heterocycles. The van der Waals surface area contributed by atoms with E-state index in [1.165, 1.54) is 11.1 Å². The van der Waals surface area contributed by atoms with Crippen LogP contribution in [-0.2, 0) is 17.6 Å². The summed E-state index contributed by atoms with van der Waals surface area (Å²) in [4.78, 5) is 26.8. The Kier molecular flexibility index (Phi) is 3.20. The molecule has 25 heavy (non-hydrogen) atoms. The van der Waals surface area contributed by atoms with E-state index in [9.17, 15) is 9.59 Å². The lowest BCUT2D eigenvalue weighted by molar-refractivity contribution is -0.115. The Labute approximate surface area is 146 Å². The smallest absolute Gasteiger partial charge is 0.254 e. The van der Waals surface area contributed by atoms with Gasteiger partial charge in [-0.2, -0.15) is 0 Å². The van der Waals surface area contributed by atoms with Crippen molar-refractivity contribution in [1.29, 1.82) is 0 Å². The van der Waals surface area contributed by atoms with Crippen LogP contribution < -0.4 is 5.32 Å². The van der Waals surface area contributed by atoms with Crippen molar-refractivity contribution < 1.29 is 9.59 Å². The zero-order chi connectivity index (χ0) is 17.0. The average Bonchev–Trinajstić information content (AvgIpc) is 3.19. The Morgan fingerprint density at radius 3 is 2.92 bits per heavy atom. The highest BCUT2D eigenvalue weighted by Crippen LogP contribution is 2.42. The molecule has 0 saturated carbocycles. The van der Waals surface area contributed by atoms with Crippen molar-refractivity contribution >= 4 is 17.5 Å². The van der Waals surface area contributed by atoms with Crippen molar-refractivity contribution in [1.82, 2.24) is 4.90 Å². The predicted molar refractivity (Wildman–Crippen MR) is 95.7 cm³/mol. The van der Waals surface area contributed by atoms with Gasteiger partial charge in [0.15, 0.2) is 0 Å². The summed E-state index contributed by atoms with van der Waals surface area (Å²) < 4.78 is 0. The van der Waals surface area contributed by atoms with Crippen molar-refractivity contribution in [2.75, 3.05) is 11.9 Å². The molecule has 2 heterocycles. The normalized spacial score (nSPS) is 23.7. The molecule has 126 valence electrons. The van der Waals surface area contributed by atoms with Crippen LogP contribution in [0.25, 0.3) is 0 Å². The third-order valence-corrected chi connectivity index (χ3v) is 5.91. The largest absolute Gasteiger partial charge is 0.335 e. The van der Waals surface area contributed by atoms with E-state index in [4.69, 9.17) is 0 Å². The fourth-order valence-electron chi connectivity index (χ4n) is 4.74. The molecule has 1 fully saturated rings. The van der Waals surface area contributed by atoms with E-state index in [2.05, 4.69) is 34.5 Å². The molecule has 1 aliphatic carbocycles. The summed E-state index contributed by atoms with van der Waals surface area (Å²) in [6.45, 7) is 0.817. The monoisotopic (exact) mass is 332 g/mol. The SMILES string of the molecule is O=C1Cc2ccc(C(=O)N3CCC[C@H]4c5ccccc5C[C@H]43)cc2N1. The van der Waals surface area contributed by atoms with Crippen LogP contribution in [0.4, 0.5) is 5.69 Å². The average molecular weight is 332 g/mol. The van der Waals surface area contributed by atoms with Gasteiger partial charge in [-0.25, -0.2) is 0 Å². The molecule has 4 heteroatoms. The molecule has 2 amide bonds. The maximum atomic E-state index is 13.2. The van der Waals surface area contributed by atoms with Gasteiger partial charge in [0.05, 0.1) is 6.42 Å². The first kappa shape index (κ1) is 14.7. The van der Waals surface area contributed by atoms with Gasteiger partial charge in [-0.3, -0.25) is 9.59 Å². The number of hydrogen-bond acceptors (Lipinski definition) is 2. The Morgan fingerprint density at radius 1 is 1.12 bits per heavy atom. The Bertz CT molecular complexity index is 889. The molecule has 0 aromatic heterocycles. The third kappa shape index (κ3) is 2.28. The van der Waals surface area contributed by atoms with Crippen molar-refractivity contribution in [2.24, 2.45) is 0 Å². The van der Waals surface area contributed by atoms with Crippen molar-refractivity contribution in [3.05, 3.63) is 64.7 Å². The molecule has 0 unspecified atom stereocenters. The van der Waals surface area contributed by atoms with Crippen molar-refractivity contribution in [3.8, 4) is 0 Å². The lowest BCUT2D eigenvalue weighted by atomic mass is 9.88. The molecule has 0 bridgehead atoms. The van der Waals surface area contributed by atoms with Crippen LogP contribution in [0.2, 0.25) is 0 Å². The first-order chi connectivity index (χ1) is 12.2. The van der Waals surface area contributed by atoms with E-state index in [1.807, 2.05) is 18.2 Å². The molecule has 5 rings (SSSR count). The van der Waals surface area contributed by atoms with Gasteiger partial charge < -0.3 is 10.2 Å². The molecule has 3 aliphatic rings. The number of piperidine rings is 1. The quantitative estimate of drug-likeness (QED) is 0.872. The maximum absolute atomic E-state index is 13.2. The van der Waals surface area contributed by atoms with E-state index >= 15 is 0 Å². The van der Waals surface area contributed by atoms with Crippen LogP contribution in [0.3, 0.4) is 0 Å². The van der Waals surface area contributed by atoms with Crippen LogP contribution >= 0.6 is 0 Å².